The summed E-state index contributed by atoms with van der Waals surface area (Å²) in [5.41, 5.74) is 5.72. The molecule has 0 radical (unpaired) electrons. The van der Waals surface area contributed by atoms with Crippen LogP contribution in [0.25, 0.3) is 0 Å². The summed E-state index contributed by atoms with van der Waals surface area (Å²) in [6.07, 6.45) is 13.0. The van der Waals surface area contributed by atoms with Gasteiger partial charge in [0.2, 0.25) is 5.82 Å². The number of allylic oxidation sites excluding steroid dienone is 1. The third kappa shape index (κ3) is 6.62. The van der Waals surface area contributed by atoms with Crippen molar-refractivity contribution in [2.24, 2.45) is 11.8 Å². The van der Waals surface area contributed by atoms with E-state index in [0.717, 1.165) is 23.3 Å². The largest absolute Gasteiger partial charge is 0.486 e. The Hall–Kier alpha value is -2.94. The molecule has 0 bridgehead atoms. The topological polar surface area (TPSA) is 9.23 Å². The van der Waals surface area contributed by atoms with Crippen molar-refractivity contribution in [2.75, 3.05) is 0 Å². The predicted molar refractivity (Wildman–Crippen MR) is 156 cm³/mol. The van der Waals surface area contributed by atoms with Gasteiger partial charge in [-0.2, -0.15) is 4.39 Å². The monoisotopic (exact) mass is 528 g/mol. The zero-order chi connectivity index (χ0) is 27.2. The highest BCUT2D eigenvalue weighted by Gasteiger charge is 2.36. The van der Waals surface area contributed by atoms with Crippen molar-refractivity contribution >= 4 is 0 Å². The van der Waals surface area contributed by atoms with Crippen molar-refractivity contribution in [2.45, 2.75) is 89.6 Å². The number of halogens is 2. The standard InChI is InChI=1S/C36H42F2O/c1-3-5-7-29-20-21-34(36(38)35(29)37)39-24-26-10-14-28(15-11-26)31-17-19-32-22-30(16-18-33(32)23-31)27-12-8-25(6-4-2)9-13-27/h3,8-15,20-21,30-33H,1,4-7,16-19,22-24H2,2H3. The summed E-state index contributed by atoms with van der Waals surface area (Å²) >= 11 is 0. The first kappa shape index (κ1) is 27.6. The van der Waals surface area contributed by atoms with E-state index in [2.05, 4.69) is 62.0 Å². The summed E-state index contributed by atoms with van der Waals surface area (Å²) < 4.78 is 34.5. The van der Waals surface area contributed by atoms with E-state index in [1.165, 1.54) is 68.6 Å². The van der Waals surface area contributed by atoms with Crippen LogP contribution in [0.4, 0.5) is 8.78 Å². The molecule has 5 rings (SSSR count). The Kier molecular flexibility index (Phi) is 9.17. The van der Waals surface area contributed by atoms with Crippen molar-refractivity contribution in [3.05, 3.63) is 113 Å². The average molecular weight is 529 g/mol. The van der Waals surface area contributed by atoms with Gasteiger partial charge in [-0.15, -0.1) is 6.58 Å². The number of benzene rings is 3. The fourth-order valence-electron chi connectivity index (χ4n) is 6.92. The van der Waals surface area contributed by atoms with Crippen LogP contribution in [0, 0.1) is 23.5 Å². The second-order valence-corrected chi connectivity index (χ2v) is 11.7. The van der Waals surface area contributed by atoms with E-state index >= 15 is 0 Å². The molecule has 1 nitrogen and oxygen atoms in total. The lowest BCUT2D eigenvalue weighted by atomic mass is 9.63. The Bertz CT molecular complexity index is 1230. The minimum Gasteiger partial charge on any atom is -0.486 e. The van der Waals surface area contributed by atoms with Gasteiger partial charge in [-0.05, 0) is 115 Å². The molecule has 0 saturated heterocycles. The average Bonchev–Trinajstić information content (AvgIpc) is 2.98. The normalized spacial score (nSPS) is 22.7. The fraction of sp³-hybridized carbons (Fsp3) is 0.444. The Morgan fingerprint density at radius 2 is 1.33 bits per heavy atom. The first-order chi connectivity index (χ1) is 19.1. The molecule has 2 aliphatic rings. The second-order valence-electron chi connectivity index (χ2n) is 11.7. The molecule has 4 unspecified atom stereocenters. The van der Waals surface area contributed by atoms with Crippen LogP contribution in [0.5, 0.6) is 5.75 Å². The minimum absolute atomic E-state index is 0.0373. The third-order valence-electron chi connectivity index (χ3n) is 9.19. The maximum absolute atomic E-state index is 14.5. The molecule has 0 aromatic heterocycles. The molecule has 3 aromatic carbocycles. The van der Waals surface area contributed by atoms with Crippen LogP contribution in [-0.4, -0.2) is 0 Å². The molecule has 3 aromatic rings. The van der Waals surface area contributed by atoms with Crippen LogP contribution < -0.4 is 4.74 Å². The molecule has 2 aliphatic carbocycles. The summed E-state index contributed by atoms with van der Waals surface area (Å²) in [7, 11) is 0. The van der Waals surface area contributed by atoms with Crippen molar-refractivity contribution in [1.29, 1.82) is 0 Å². The Labute approximate surface area is 233 Å². The fourth-order valence-corrected chi connectivity index (χ4v) is 6.92. The lowest BCUT2D eigenvalue weighted by molar-refractivity contribution is 0.141. The highest BCUT2D eigenvalue weighted by atomic mass is 19.2. The molecular formula is C36H42F2O. The van der Waals surface area contributed by atoms with Gasteiger partial charge in [0.05, 0.1) is 0 Å². The van der Waals surface area contributed by atoms with Crippen LogP contribution in [0.2, 0.25) is 0 Å². The quantitative estimate of drug-likeness (QED) is 0.238. The second kappa shape index (κ2) is 12.9. The van der Waals surface area contributed by atoms with Crippen molar-refractivity contribution < 1.29 is 13.5 Å². The smallest absolute Gasteiger partial charge is 0.200 e. The number of ether oxygens (including phenoxy) is 1. The van der Waals surface area contributed by atoms with E-state index < -0.39 is 11.6 Å². The van der Waals surface area contributed by atoms with E-state index in [-0.39, 0.29) is 12.4 Å². The highest BCUT2D eigenvalue weighted by molar-refractivity contribution is 5.32. The number of fused-ring (bicyclic) bond motifs is 1. The van der Waals surface area contributed by atoms with Crippen molar-refractivity contribution in [3.63, 3.8) is 0 Å². The molecule has 2 fully saturated rings. The molecule has 0 amide bonds. The molecular weight excluding hydrogens is 486 g/mol. The molecule has 0 heterocycles. The Morgan fingerprint density at radius 3 is 1.90 bits per heavy atom. The Morgan fingerprint density at radius 1 is 0.744 bits per heavy atom. The maximum Gasteiger partial charge on any atom is 0.200 e. The zero-order valence-electron chi connectivity index (χ0n) is 23.3. The molecule has 39 heavy (non-hydrogen) atoms. The van der Waals surface area contributed by atoms with Crippen LogP contribution in [0.15, 0.2) is 73.3 Å². The van der Waals surface area contributed by atoms with Gasteiger partial charge in [0, 0.05) is 0 Å². The SMILES string of the molecule is C=CCCc1ccc(OCc2ccc(C3CCC4CC(c5ccc(CCC)cc5)CCC4C3)cc2)c(F)c1F. The Balaban J connectivity index is 1.13. The van der Waals surface area contributed by atoms with Gasteiger partial charge in [0.15, 0.2) is 11.6 Å². The number of hydrogen-bond acceptors (Lipinski definition) is 1. The summed E-state index contributed by atoms with van der Waals surface area (Å²) in [5, 5.41) is 0. The highest BCUT2D eigenvalue weighted by Crippen LogP contribution is 2.49. The molecule has 206 valence electrons. The summed E-state index contributed by atoms with van der Waals surface area (Å²) in [6, 6.07) is 21.2. The molecule has 3 heteroatoms. The van der Waals surface area contributed by atoms with Gasteiger partial charge < -0.3 is 4.74 Å². The van der Waals surface area contributed by atoms with Crippen LogP contribution in [-0.2, 0) is 19.4 Å². The van der Waals surface area contributed by atoms with E-state index in [1.54, 1.807) is 17.7 Å². The van der Waals surface area contributed by atoms with Crippen molar-refractivity contribution in [3.8, 4) is 5.75 Å². The van der Waals surface area contributed by atoms with E-state index in [9.17, 15) is 8.78 Å². The lowest BCUT2D eigenvalue weighted by Crippen LogP contribution is -2.29. The summed E-state index contributed by atoms with van der Waals surface area (Å²) in [6.45, 7) is 6.10. The van der Waals surface area contributed by atoms with Gasteiger partial charge in [-0.25, -0.2) is 4.39 Å². The van der Waals surface area contributed by atoms with Gasteiger partial charge in [0.25, 0.3) is 0 Å². The lowest BCUT2D eigenvalue weighted by Gasteiger charge is -2.42. The van der Waals surface area contributed by atoms with E-state index in [1.807, 2.05) is 0 Å². The van der Waals surface area contributed by atoms with Gasteiger partial charge in [-0.1, -0.05) is 74.0 Å². The molecule has 2 saturated carbocycles. The van der Waals surface area contributed by atoms with Crippen molar-refractivity contribution in [1.82, 2.24) is 0 Å². The number of rotatable bonds is 10. The zero-order valence-corrected chi connectivity index (χ0v) is 23.3. The molecule has 0 spiro atoms. The molecule has 4 atom stereocenters. The first-order valence-electron chi connectivity index (χ1n) is 14.9. The maximum atomic E-state index is 14.5. The minimum atomic E-state index is -0.909. The third-order valence-corrected chi connectivity index (χ3v) is 9.19. The van der Waals surface area contributed by atoms with Crippen LogP contribution in [0.3, 0.4) is 0 Å². The summed E-state index contributed by atoms with van der Waals surface area (Å²) in [5.74, 6) is 1.24. The van der Waals surface area contributed by atoms with E-state index in [4.69, 9.17) is 4.74 Å². The van der Waals surface area contributed by atoms with Gasteiger partial charge in [0.1, 0.15) is 6.61 Å². The number of aryl methyl sites for hydroxylation is 2. The number of hydrogen-bond donors (Lipinski definition) is 0. The van der Waals surface area contributed by atoms with Gasteiger partial charge in [-0.3, -0.25) is 0 Å². The summed E-state index contributed by atoms with van der Waals surface area (Å²) in [4.78, 5) is 0. The first-order valence-corrected chi connectivity index (χ1v) is 14.9. The van der Waals surface area contributed by atoms with Gasteiger partial charge >= 0.3 is 0 Å². The predicted octanol–water partition coefficient (Wildman–Crippen LogP) is 10.1. The van der Waals surface area contributed by atoms with E-state index in [0.29, 0.717) is 24.3 Å². The molecule has 0 N–H and O–H groups in total. The molecule has 0 aliphatic heterocycles. The van der Waals surface area contributed by atoms with Crippen LogP contribution in [0.1, 0.15) is 97.9 Å². The van der Waals surface area contributed by atoms with Crippen LogP contribution >= 0.6 is 0 Å².